The van der Waals surface area contributed by atoms with E-state index in [4.69, 9.17) is 114 Å². The molecule has 24 nitrogen and oxygen atoms in total. The Labute approximate surface area is 920 Å². The summed E-state index contributed by atoms with van der Waals surface area (Å²) in [5.41, 5.74) is -2.19. The number of rotatable bonds is 18. The molecule has 6 aromatic carbocycles. The molecule has 12 heterocycles. The summed E-state index contributed by atoms with van der Waals surface area (Å²) in [6.07, 6.45) is -21.9. The summed E-state index contributed by atoms with van der Waals surface area (Å²) >= 11 is 0. The van der Waals surface area contributed by atoms with Crippen molar-refractivity contribution in [2.75, 3.05) is 163 Å². The van der Waals surface area contributed by atoms with Crippen LogP contribution >= 0.6 is 0 Å². The minimum absolute atomic E-state index is 0.0456. The van der Waals surface area contributed by atoms with Crippen LogP contribution in [0.4, 0.5) is 0 Å². The van der Waals surface area contributed by atoms with Gasteiger partial charge < -0.3 is 56.8 Å². The van der Waals surface area contributed by atoms with Gasteiger partial charge in [0.05, 0.1) is 85.3 Å². The third kappa shape index (κ3) is 27.2. The predicted octanol–water partition coefficient (Wildman–Crippen LogP) is 21.8. The highest BCUT2D eigenvalue weighted by Crippen LogP contribution is 2.53. The minimum atomic E-state index is -3.12. The molecule has 6 fully saturated rings. The Hall–Kier alpha value is -9.30. The maximum absolute atomic E-state index is 13.5. The van der Waals surface area contributed by atoms with Crippen molar-refractivity contribution in [1.29, 1.82) is 0 Å². The van der Waals surface area contributed by atoms with E-state index in [1.165, 1.54) is 158 Å². The number of piperidine rings is 6. The number of carbonyl (C=O) groups excluding carboxylic acids is 6. The zero-order valence-electron chi connectivity index (χ0n) is 131. The zero-order valence-corrected chi connectivity index (χ0v) is 88.8. The van der Waals surface area contributed by atoms with Crippen LogP contribution < -0.4 is 56.8 Å². The Kier molecular flexibility index (Phi) is 21.9. The number of ketones is 6. The lowest BCUT2D eigenvalue weighted by atomic mass is 9.76. The summed E-state index contributed by atoms with van der Waals surface area (Å²) in [6, 6.07) is 9.13. The van der Waals surface area contributed by atoms with E-state index < -0.39 is 236 Å². The average molecular weight is 2030 g/mol. The molecular weight excluding hydrogens is 1810 g/mol. The van der Waals surface area contributed by atoms with Crippen LogP contribution in [0, 0.1) is 67.9 Å². The topological polar surface area (TPSA) is 233 Å². The first-order valence-electron chi connectivity index (χ1n) is 69.4. The maximum Gasteiger partial charge on any atom is 0.161 e. The molecule has 0 unspecified atom stereocenters. The molecule has 0 aliphatic carbocycles. The van der Waals surface area contributed by atoms with Crippen LogP contribution in [0.5, 0.6) is 69.0 Å². The molecule has 0 amide bonds. The molecule has 0 saturated carbocycles. The summed E-state index contributed by atoms with van der Waals surface area (Å²) < 4.78 is 428. The van der Waals surface area contributed by atoms with Crippen LogP contribution in [0.15, 0.2) is 72.8 Å². The SMILES string of the molecule is [2H]C1([2H])C(=O)[C@@]([2H])(CC(C)(C)C)C([2H])([2H])N2[C@@H]1c1cc(OC)c(OC)cc1C([2H])([2H])C2([2H])[2H].[2H]C1([2H])C(=O)[C@@]([2H])(CC(C)(C)C)C([2H])([2H])N2[C@@H]1c1cc(OC)c(OC)cc1C([2H])([2H])C2([2H])[2H].[2H]C1([2H])[C@H](CC(C)(C)C)C(=O)C[C@H]2c3cc(OC)c(OC)cc3C([2H])([2H])C([2H])([2H])N21.[2H]C1([2H])[C@H](CC(C)(C)C)C(=O)C[C@H]2c3cc(OC)c(OC)cc3C([2H])([2H])C([2H])([2H])N21.[2H]C1([2H])[C@H](CC(C)(C)C)C(=O)C[C@H]2c3cc(OC)c(OC)cc3C([2H])([2H])C([2H])([2H])N21.[2H]C1([2H])[C@H](CC(C)(C)C)C(=O)C[C@H]2c3cc(OC)c(OC)cc3C([2H])([2H])C([2H])([2H])N21. The van der Waals surface area contributed by atoms with Crippen molar-refractivity contribution in [3.8, 4) is 69.0 Å². The smallest absolute Gasteiger partial charge is 0.161 e. The van der Waals surface area contributed by atoms with Gasteiger partial charge in [0, 0.05) is 246 Å². The lowest BCUT2D eigenvalue weighted by Gasteiger charge is -2.44. The Balaban J connectivity index is 0.000000181. The van der Waals surface area contributed by atoms with Gasteiger partial charge in [-0.2, -0.15) is 0 Å². The van der Waals surface area contributed by atoms with Gasteiger partial charge in [0.2, 0.25) is 0 Å². The Morgan fingerprint density at radius 3 is 0.542 bits per heavy atom. The molecule has 12 aliphatic rings. The number of benzene rings is 6. The van der Waals surface area contributed by atoms with Crippen LogP contribution in [0.3, 0.4) is 0 Å². The highest BCUT2D eigenvalue weighted by atomic mass is 16.5. The van der Waals surface area contributed by atoms with Gasteiger partial charge in [-0.25, -0.2) is 0 Å². The first kappa shape index (κ1) is 67.6. The Morgan fingerprint density at radius 2 is 0.382 bits per heavy atom. The fourth-order valence-electron chi connectivity index (χ4n) is 18.8. The summed E-state index contributed by atoms with van der Waals surface area (Å²) in [6.45, 7) is 0.296. The average Bonchev–Trinajstić information content (AvgIpc) is 0.661. The number of carbonyl (C=O) groups is 6. The Bertz CT molecular complexity index is 6990. The monoisotopic (exact) mass is 2030 g/mol. The number of hydrogen-bond donors (Lipinski definition) is 0. The van der Waals surface area contributed by atoms with E-state index in [0.29, 0.717) is 55.1 Å². The summed E-state index contributed by atoms with van der Waals surface area (Å²) in [5, 5.41) is 0. The lowest BCUT2D eigenvalue weighted by Crippen LogP contribution is -2.47. The van der Waals surface area contributed by atoms with Gasteiger partial charge in [-0.05, 0) is 249 Å². The van der Waals surface area contributed by atoms with E-state index in [1.807, 2.05) is 83.1 Å². The standard InChI is InChI=1S/6C20H29NO3/c6*1-20(2,3)11-14-12-21-7-6-13-8-18(23-4)19(24-5)9-15(13)16(21)10-17(14)22/h6*8-9,14,16H,6-7,10-12H2,1-5H3/t6*14-,16-/m000000/s1/i2*6D2,7D2,10D2,12D2,14D;4*6D2,7D2,12D2. The van der Waals surface area contributed by atoms with Gasteiger partial charge in [0.1, 0.15) is 34.7 Å². The summed E-state index contributed by atoms with van der Waals surface area (Å²) in [5.74, 6) is -10.7. The van der Waals surface area contributed by atoms with Crippen LogP contribution in [0.2, 0.25) is 0 Å². The molecule has 0 bridgehead atoms. The van der Waals surface area contributed by atoms with Gasteiger partial charge >= 0.3 is 0 Å². The number of fused-ring (bicyclic) bond motifs is 18. The molecule has 792 valence electrons. The van der Waals surface area contributed by atoms with Crippen molar-refractivity contribution in [3.63, 3.8) is 0 Å². The molecule has 0 radical (unpaired) electrons. The van der Waals surface area contributed by atoms with E-state index in [2.05, 4.69) is 0 Å². The highest BCUT2D eigenvalue weighted by molar-refractivity contribution is 5.87. The van der Waals surface area contributed by atoms with Crippen molar-refractivity contribution in [2.24, 2.45) is 67.9 Å². The quantitative estimate of drug-likeness (QED) is 0.0778. The molecule has 12 atom stereocenters. The van der Waals surface area contributed by atoms with Gasteiger partial charge in [0.25, 0.3) is 0 Å². The van der Waals surface area contributed by atoms with Gasteiger partial charge in [-0.3, -0.25) is 58.2 Å². The third-order valence-corrected chi connectivity index (χ3v) is 25.6. The van der Waals surface area contributed by atoms with Crippen LogP contribution in [-0.2, 0) is 67.0 Å². The molecule has 12 aliphatic heterocycles. The normalized spacial score (nSPS) is 36.6. The van der Waals surface area contributed by atoms with Crippen molar-refractivity contribution in [1.82, 2.24) is 29.4 Å². The van der Waals surface area contributed by atoms with Crippen molar-refractivity contribution < 1.29 is 143 Å². The number of aryl methyl sites for hydroxylation is 6. The molecule has 0 spiro atoms. The van der Waals surface area contributed by atoms with Gasteiger partial charge in [-0.1, -0.05) is 125 Å². The maximum atomic E-state index is 13.5. The molecule has 0 N–H and O–H groups in total. The second kappa shape index (κ2) is 46.6. The predicted molar refractivity (Wildman–Crippen MR) is 569 cm³/mol. The molecule has 18 rings (SSSR count). The first-order chi connectivity index (χ1) is 83.8. The van der Waals surface area contributed by atoms with Gasteiger partial charge in [0.15, 0.2) is 69.0 Å². The van der Waals surface area contributed by atoms with E-state index in [1.54, 1.807) is 41.5 Å². The van der Waals surface area contributed by atoms with Crippen molar-refractivity contribution in [3.05, 3.63) is 140 Å². The highest BCUT2D eigenvalue weighted by Gasteiger charge is 2.48. The summed E-state index contributed by atoms with van der Waals surface area (Å²) in [7, 11) is 16.6. The fourth-order valence-corrected chi connectivity index (χ4v) is 18.8. The number of ether oxygens (including phenoxy) is 12. The molecule has 0 aromatic heterocycles. The fraction of sp³-hybridized carbons (Fsp3) is 0.650. The van der Waals surface area contributed by atoms with Crippen LogP contribution in [0.25, 0.3) is 0 Å². The number of hydrogen-bond acceptors (Lipinski definition) is 24. The van der Waals surface area contributed by atoms with E-state index >= 15 is 0 Å². The second-order valence-electron chi connectivity index (χ2n) is 44.3. The number of methoxy groups -OCH3 is 12. The van der Waals surface area contributed by atoms with Crippen molar-refractivity contribution >= 4 is 34.7 Å². The second-order valence-corrected chi connectivity index (χ2v) is 44.3. The van der Waals surface area contributed by atoms with E-state index in [9.17, 15) is 28.8 Å². The summed E-state index contributed by atoms with van der Waals surface area (Å²) in [4.78, 5) is 83.8. The molecule has 6 saturated heterocycles. The largest absolute Gasteiger partial charge is 0.493 e. The van der Waals surface area contributed by atoms with Gasteiger partial charge in [-0.15, -0.1) is 0 Å². The molecular formula is C120H174N6O18. The van der Waals surface area contributed by atoms with E-state index in [0.717, 1.165) is 19.6 Å². The minimum Gasteiger partial charge on any atom is -0.493 e. The molecule has 144 heavy (non-hydrogen) atoms. The number of nitrogens with zero attached hydrogens (tertiary/aromatic N) is 6. The lowest BCUT2D eigenvalue weighted by molar-refractivity contribution is -0.130. The Morgan fingerprint density at radius 1 is 0.229 bits per heavy atom. The molecule has 6 aromatic rings. The number of Topliss-reactive ketones (excluding diaryl/α,β-unsaturated/α-hetero) is 6. The van der Waals surface area contributed by atoms with Crippen LogP contribution in [-0.4, -0.2) is 227 Å². The molecule has 24 heteroatoms. The van der Waals surface area contributed by atoms with Crippen LogP contribution in [0.1, 0.15) is 362 Å². The van der Waals surface area contributed by atoms with E-state index in [-0.39, 0.29) is 187 Å². The zero-order chi connectivity index (χ0) is 143. The third-order valence-electron chi connectivity index (χ3n) is 25.6. The first-order valence-corrected chi connectivity index (χ1v) is 48.4. The van der Waals surface area contributed by atoms with Crippen molar-refractivity contribution in [2.45, 2.75) is 276 Å².